The van der Waals surface area contributed by atoms with Gasteiger partial charge in [0.25, 0.3) is 11.8 Å². The van der Waals surface area contributed by atoms with E-state index in [4.69, 9.17) is 14.0 Å². The van der Waals surface area contributed by atoms with Crippen LogP contribution in [0.5, 0.6) is 11.5 Å². The van der Waals surface area contributed by atoms with Gasteiger partial charge in [0.1, 0.15) is 11.6 Å². The van der Waals surface area contributed by atoms with Crippen molar-refractivity contribution in [3.05, 3.63) is 71.9 Å². The molecule has 0 unspecified atom stereocenters. The number of amides is 1. The monoisotopic (exact) mass is 403 g/mol. The largest absolute Gasteiger partial charge is 0.484 e. The van der Waals surface area contributed by atoms with Gasteiger partial charge in [0.2, 0.25) is 0 Å². The smallest absolute Gasteiger partial charge is 0.264 e. The standard InChI is InChI=1S/C20H19F2N3O4/c1-25(20(26)13-27-15-8-6-14(21)7-9-15)11-10-18-23-19(29-24-18)12-28-17-5-3-2-4-16(17)22/h2-9H,10-13H2,1H3. The van der Waals surface area contributed by atoms with Crippen LogP contribution in [0, 0.1) is 11.6 Å². The number of aromatic nitrogens is 2. The van der Waals surface area contributed by atoms with E-state index in [2.05, 4.69) is 10.1 Å². The van der Waals surface area contributed by atoms with Gasteiger partial charge in [-0.05, 0) is 36.4 Å². The molecule has 3 rings (SSSR count). The lowest BCUT2D eigenvalue weighted by Gasteiger charge is -2.16. The third-order valence-electron chi connectivity index (χ3n) is 3.97. The first-order valence-electron chi connectivity index (χ1n) is 8.82. The highest BCUT2D eigenvalue weighted by atomic mass is 19.1. The lowest BCUT2D eigenvalue weighted by atomic mass is 10.3. The lowest BCUT2D eigenvalue weighted by Crippen LogP contribution is -2.33. The van der Waals surface area contributed by atoms with Crippen molar-refractivity contribution in [3.8, 4) is 11.5 Å². The van der Waals surface area contributed by atoms with Crippen LogP contribution < -0.4 is 9.47 Å². The molecule has 152 valence electrons. The van der Waals surface area contributed by atoms with Crippen molar-refractivity contribution in [1.82, 2.24) is 15.0 Å². The zero-order valence-corrected chi connectivity index (χ0v) is 15.7. The second kappa shape index (κ2) is 9.63. The molecule has 0 bridgehead atoms. The van der Waals surface area contributed by atoms with Crippen molar-refractivity contribution in [2.45, 2.75) is 13.0 Å². The molecule has 9 heteroatoms. The highest BCUT2D eigenvalue weighted by Crippen LogP contribution is 2.16. The average Bonchev–Trinajstić information content (AvgIpc) is 3.18. The molecule has 0 aliphatic heterocycles. The number of hydrogen-bond donors (Lipinski definition) is 0. The third-order valence-corrected chi connectivity index (χ3v) is 3.97. The minimum atomic E-state index is -0.477. The van der Waals surface area contributed by atoms with Crippen LogP contribution >= 0.6 is 0 Å². The number of para-hydroxylation sites is 1. The van der Waals surface area contributed by atoms with Crippen LogP contribution in [0.25, 0.3) is 0 Å². The zero-order valence-electron chi connectivity index (χ0n) is 15.7. The number of ether oxygens (including phenoxy) is 2. The van der Waals surface area contributed by atoms with Crippen LogP contribution in [0.15, 0.2) is 53.1 Å². The minimum absolute atomic E-state index is 0.0613. The van der Waals surface area contributed by atoms with Crippen LogP contribution in [0.4, 0.5) is 8.78 Å². The summed E-state index contributed by atoms with van der Waals surface area (Å²) in [6.07, 6.45) is 0.363. The molecular formula is C20H19F2N3O4. The molecule has 0 aliphatic carbocycles. The van der Waals surface area contributed by atoms with Crippen molar-refractivity contribution < 1.29 is 27.6 Å². The van der Waals surface area contributed by atoms with Gasteiger partial charge in [0.15, 0.2) is 30.6 Å². The van der Waals surface area contributed by atoms with E-state index in [1.165, 1.54) is 41.3 Å². The Kier molecular flexibility index (Phi) is 6.72. The van der Waals surface area contributed by atoms with Crippen LogP contribution in [0.2, 0.25) is 0 Å². The normalized spacial score (nSPS) is 10.6. The van der Waals surface area contributed by atoms with Crippen LogP contribution in [-0.4, -0.2) is 41.1 Å². The fourth-order valence-corrected chi connectivity index (χ4v) is 2.33. The second-order valence-corrected chi connectivity index (χ2v) is 6.13. The molecule has 29 heavy (non-hydrogen) atoms. The van der Waals surface area contributed by atoms with Crippen LogP contribution in [0.3, 0.4) is 0 Å². The second-order valence-electron chi connectivity index (χ2n) is 6.13. The van der Waals surface area contributed by atoms with E-state index in [1.54, 1.807) is 19.2 Å². The molecule has 1 aromatic heterocycles. The first-order chi connectivity index (χ1) is 14.0. The van der Waals surface area contributed by atoms with Gasteiger partial charge >= 0.3 is 0 Å². The van der Waals surface area contributed by atoms with Gasteiger partial charge in [0, 0.05) is 20.0 Å². The molecule has 1 heterocycles. The Morgan fingerprint density at radius 2 is 1.86 bits per heavy atom. The summed E-state index contributed by atoms with van der Waals surface area (Å²) >= 11 is 0. The fraction of sp³-hybridized carbons (Fsp3) is 0.250. The summed E-state index contributed by atoms with van der Waals surface area (Å²) in [4.78, 5) is 17.7. The Bertz CT molecular complexity index is 947. The maximum absolute atomic E-state index is 13.5. The molecule has 0 atom stereocenters. The van der Waals surface area contributed by atoms with Crippen molar-refractivity contribution in [3.63, 3.8) is 0 Å². The summed E-state index contributed by atoms with van der Waals surface area (Å²) in [6.45, 7) is 0.114. The summed E-state index contributed by atoms with van der Waals surface area (Å²) in [6, 6.07) is 11.4. The number of benzene rings is 2. The van der Waals surface area contributed by atoms with Crippen molar-refractivity contribution in [2.75, 3.05) is 20.2 Å². The highest BCUT2D eigenvalue weighted by Gasteiger charge is 2.13. The first-order valence-corrected chi connectivity index (χ1v) is 8.82. The molecule has 2 aromatic carbocycles. The minimum Gasteiger partial charge on any atom is -0.484 e. The predicted octanol–water partition coefficient (Wildman–Crippen LogP) is 3.01. The molecule has 7 nitrogen and oxygen atoms in total. The zero-order chi connectivity index (χ0) is 20.6. The van der Waals surface area contributed by atoms with Gasteiger partial charge in [-0.1, -0.05) is 17.3 Å². The molecule has 0 radical (unpaired) electrons. The molecule has 3 aromatic rings. The average molecular weight is 403 g/mol. The van der Waals surface area contributed by atoms with Gasteiger partial charge in [-0.15, -0.1) is 0 Å². The van der Waals surface area contributed by atoms with Gasteiger partial charge in [-0.3, -0.25) is 4.79 Å². The summed E-state index contributed by atoms with van der Waals surface area (Å²) in [7, 11) is 1.62. The summed E-state index contributed by atoms with van der Waals surface area (Å²) in [5.74, 6) is 0.00778. The van der Waals surface area contributed by atoms with E-state index in [-0.39, 0.29) is 36.6 Å². The topological polar surface area (TPSA) is 77.7 Å². The van der Waals surface area contributed by atoms with Gasteiger partial charge in [0.05, 0.1) is 0 Å². The number of likely N-dealkylation sites (N-methyl/N-ethyl adjacent to an activating group) is 1. The first kappa shape index (κ1) is 20.2. The predicted molar refractivity (Wildman–Crippen MR) is 98.3 cm³/mol. The third kappa shape index (κ3) is 6.00. The summed E-state index contributed by atoms with van der Waals surface area (Å²) in [5.41, 5.74) is 0. The Morgan fingerprint density at radius 1 is 1.10 bits per heavy atom. The SMILES string of the molecule is CN(CCc1noc(COc2ccccc2F)n1)C(=O)COc1ccc(F)cc1. The van der Waals surface area contributed by atoms with Crippen molar-refractivity contribution in [1.29, 1.82) is 0 Å². The molecular weight excluding hydrogens is 384 g/mol. The number of hydrogen-bond acceptors (Lipinski definition) is 6. The maximum atomic E-state index is 13.5. The van der Waals surface area contributed by atoms with E-state index in [0.717, 1.165) is 0 Å². The van der Waals surface area contributed by atoms with E-state index in [1.807, 2.05) is 0 Å². The molecule has 1 amide bonds. The molecule has 0 spiro atoms. The summed E-state index contributed by atoms with van der Waals surface area (Å²) < 4.78 is 42.1. The Labute approximate surface area is 165 Å². The number of rotatable bonds is 9. The van der Waals surface area contributed by atoms with Gasteiger partial charge < -0.3 is 18.9 Å². The van der Waals surface area contributed by atoms with E-state index >= 15 is 0 Å². The highest BCUT2D eigenvalue weighted by molar-refractivity contribution is 5.77. The number of halogens is 2. The molecule has 0 saturated heterocycles. The Balaban J connectivity index is 1.41. The Morgan fingerprint density at radius 3 is 2.62 bits per heavy atom. The number of carbonyl (C=O) groups excluding carboxylic acids is 1. The molecule has 0 fully saturated rings. The van der Waals surface area contributed by atoms with Crippen molar-refractivity contribution in [2.24, 2.45) is 0 Å². The number of nitrogens with zero attached hydrogens (tertiary/aromatic N) is 3. The van der Waals surface area contributed by atoms with Gasteiger partial charge in [-0.25, -0.2) is 8.78 Å². The van der Waals surface area contributed by atoms with Crippen molar-refractivity contribution >= 4 is 5.91 Å². The van der Waals surface area contributed by atoms with Crippen LogP contribution in [0.1, 0.15) is 11.7 Å². The van der Waals surface area contributed by atoms with Gasteiger partial charge in [-0.2, -0.15) is 4.98 Å². The van der Waals surface area contributed by atoms with E-state index in [0.29, 0.717) is 24.5 Å². The molecule has 0 N–H and O–H groups in total. The fourth-order valence-electron chi connectivity index (χ4n) is 2.33. The summed E-state index contributed by atoms with van der Waals surface area (Å²) in [5, 5.41) is 3.82. The quantitative estimate of drug-likeness (QED) is 0.547. The molecule has 0 saturated carbocycles. The van der Waals surface area contributed by atoms with E-state index in [9.17, 15) is 13.6 Å². The molecule has 0 aliphatic rings. The lowest BCUT2D eigenvalue weighted by molar-refractivity contribution is -0.132. The Hall–Kier alpha value is -3.49. The van der Waals surface area contributed by atoms with Crippen LogP contribution in [-0.2, 0) is 17.8 Å². The number of carbonyl (C=O) groups is 1. The van der Waals surface area contributed by atoms with E-state index < -0.39 is 5.82 Å². The maximum Gasteiger partial charge on any atom is 0.264 e.